The molecule has 0 aromatic carbocycles. The first-order chi connectivity index (χ1) is 11.7. The zero-order valence-electron chi connectivity index (χ0n) is 14.4. The van der Waals surface area contributed by atoms with Crippen LogP contribution in [0, 0.1) is 17.8 Å². The first-order valence-corrected chi connectivity index (χ1v) is 9.11. The predicted molar refractivity (Wildman–Crippen MR) is 91.9 cm³/mol. The number of nitrogens with zero attached hydrogens (tertiary/aromatic N) is 2. The van der Waals surface area contributed by atoms with Crippen molar-refractivity contribution < 1.29 is 9.59 Å². The average Bonchev–Trinajstić information content (AvgIpc) is 3.45. The summed E-state index contributed by atoms with van der Waals surface area (Å²) in [4.78, 5) is 30.6. The molecule has 2 amide bonds. The van der Waals surface area contributed by atoms with Crippen LogP contribution in [-0.2, 0) is 16.1 Å². The molecule has 0 bridgehead atoms. The molecule has 2 heterocycles. The number of carbonyl (C=O) groups is 2. The van der Waals surface area contributed by atoms with Crippen LogP contribution in [0.25, 0.3) is 0 Å². The lowest BCUT2D eigenvalue weighted by Crippen LogP contribution is -2.45. The molecule has 0 radical (unpaired) electrons. The molecule has 5 nitrogen and oxygen atoms in total. The second-order valence-electron chi connectivity index (χ2n) is 7.12. The summed E-state index contributed by atoms with van der Waals surface area (Å²) < 4.78 is 0. The largest absolute Gasteiger partial charge is 0.352 e. The Morgan fingerprint density at radius 3 is 2.79 bits per heavy atom. The second kappa shape index (κ2) is 7.77. The van der Waals surface area contributed by atoms with Crippen LogP contribution < -0.4 is 5.32 Å². The van der Waals surface area contributed by atoms with Crippen LogP contribution in [0.4, 0.5) is 0 Å². The van der Waals surface area contributed by atoms with Crippen LogP contribution in [0.5, 0.6) is 0 Å². The quantitative estimate of drug-likeness (QED) is 0.871. The minimum Gasteiger partial charge on any atom is -0.352 e. The van der Waals surface area contributed by atoms with Gasteiger partial charge in [0.15, 0.2) is 0 Å². The Morgan fingerprint density at radius 2 is 2.12 bits per heavy atom. The molecule has 2 atom stereocenters. The molecule has 3 rings (SSSR count). The molecule has 130 valence electrons. The van der Waals surface area contributed by atoms with E-state index in [0.29, 0.717) is 36.6 Å². The van der Waals surface area contributed by atoms with Crippen molar-refractivity contribution in [3.05, 3.63) is 30.1 Å². The van der Waals surface area contributed by atoms with Gasteiger partial charge in [-0.25, -0.2) is 0 Å². The van der Waals surface area contributed by atoms with E-state index in [1.54, 1.807) is 12.4 Å². The monoisotopic (exact) mass is 329 g/mol. The number of hydrogen-bond acceptors (Lipinski definition) is 3. The Balaban J connectivity index is 1.47. The minimum atomic E-state index is 0.101. The van der Waals surface area contributed by atoms with Crippen LogP contribution in [0.3, 0.4) is 0 Å². The van der Waals surface area contributed by atoms with Gasteiger partial charge in [0, 0.05) is 44.4 Å². The topological polar surface area (TPSA) is 62.3 Å². The summed E-state index contributed by atoms with van der Waals surface area (Å²) in [5, 5.41) is 2.99. The Morgan fingerprint density at radius 1 is 1.29 bits per heavy atom. The number of nitrogens with one attached hydrogen (secondary N) is 1. The zero-order valence-corrected chi connectivity index (χ0v) is 14.4. The van der Waals surface area contributed by atoms with Gasteiger partial charge >= 0.3 is 0 Å². The van der Waals surface area contributed by atoms with Crippen molar-refractivity contribution in [1.29, 1.82) is 0 Å². The minimum absolute atomic E-state index is 0.101. The highest BCUT2D eigenvalue weighted by atomic mass is 16.2. The van der Waals surface area contributed by atoms with E-state index in [0.717, 1.165) is 44.3 Å². The van der Waals surface area contributed by atoms with E-state index in [9.17, 15) is 9.59 Å². The van der Waals surface area contributed by atoms with Gasteiger partial charge in [-0.1, -0.05) is 19.4 Å². The number of amides is 2. The van der Waals surface area contributed by atoms with Gasteiger partial charge in [-0.2, -0.15) is 0 Å². The van der Waals surface area contributed by atoms with Gasteiger partial charge in [-0.05, 0) is 42.7 Å². The van der Waals surface area contributed by atoms with Crippen LogP contribution >= 0.6 is 0 Å². The fourth-order valence-corrected chi connectivity index (χ4v) is 3.61. The third-order valence-corrected chi connectivity index (χ3v) is 5.31. The molecule has 1 saturated carbocycles. The molecule has 0 spiro atoms. The van der Waals surface area contributed by atoms with Crippen molar-refractivity contribution in [3.63, 3.8) is 0 Å². The average molecular weight is 329 g/mol. The molecule has 2 unspecified atom stereocenters. The van der Waals surface area contributed by atoms with Gasteiger partial charge in [0.1, 0.15) is 0 Å². The number of piperidine rings is 1. The molecule has 5 heteroatoms. The van der Waals surface area contributed by atoms with Crippen molar-refractivity contribution in [2.45, 2.75) is 45.6 Å². The van der Waals surface area contributed by atoms with Crippen molar-refractivity contribution >= 4 is 11.8 Å². The van der Waals surface area contributed by atoms with Crippen LogP contribution in [-0.4, -0.2) is 34.8 Å². The number of aromatic nitrogens is 1. The fourth-order valence-electron chi connectivity index (χ4n) is 3.61. The smallest absolute Gasteiger partial charge is 0.225 e. The highest BCUT2D eigenvalue weighted by molar-refractivity contribution is 5.81. The van der Waals surface area contributed by atoms with Gasteiger partial charge in [0.25, 0.3) is 0 Å². The van der Waals surface area contributed by atoms with Gasteiger partial charge in [0.2, 0.25) is 11.8 Å². The number of rotatable bonds is 6. The molecule has 1 aliphatic heterocycles. The summed E-state index contributed by atoms with van der Waals surface area (Å²) in [6.45, 7) is 4.33. The third-order valence-electron chi connectivity index (χ3n) is 5.31. The van der Waals surface area contributed by atoms with E-state index in [4.69, 9.17) is 0 Å². The van der Waals surface area contributed by atoms with Crippen LogP contribution in [0.2, 0.25) is 0 Å². The van der Waals surface area contributed by atoms with Gasteiger partial charge in [-0.15, -0.1) is 0 Å². The van der Waals surface area contributed by atoms with Gasteiger partial charge in [-0.3, -0.25) is 14.6 Å². The highest BCUT2D eigenvalue weighted by Gasteiger charge is 2.37. The summed E-state index contributed by atoms with van der Waals surface area (Å²) in [7, 11) is 0. The van der Waals surface area contributed by atoms with E-state index in [1.165, 1.54) is 0 Å². The molecule has 1 aromatic rings. The van der Waals surface area contributed by atoms with E-state index < -0.39 is 0 Å². The summed E-state index contributed by atoms with van der Waals surface area (Å²) in [6, 6.07) is 3.84. The molecule has 2 aliphatic rings. The molecule has 24 heavy (non-hydrogen) atoms. The number of carbonyl (C=O) groups excluding carboxylic acids is 2. The molecule has 2 fully saturated rings. The maximum absolute atomic E-state index is 12.3. The summed E-state index contributed by atoms with van der Waals surface area (Å²) >= 11 is 0. The number of hydrogen-bond donors (Lipinski definition) is 1. The first-order valence-electron chi connectivity index (χ1n) is 9.11. The lowest BCUT2D eigenvalue weighted by atomic mass is 9.81. The van der Waals surface area contributed by atoms with E-state index in [2.05, 4.69) is 17.2 Å². The summed E-state index contributed by atoms with van der Waals surface area (Å²) in [6.07, 6.45) is 8.15. The second-order valence-corrected chi connectivity index (χ2v) is 7.12. The Kier molecular flexibility index (Phi) is 5.48. The molecule has 1 N–H and O–H groups in total. The van der Waals surface area contributed by atoms with E-state index >= 15 is 0 Å². The molecule has 1 aromatic heterocycles. The van der Waals surface area contributed by atoms with E-state index in [1.807, 2.05) is 17.0 Å². The maximum Gasteiger partial charge on any atom is 0.225 e. The third kappa shape index (κ3) is 4.34. The molecule has 1 aliphatic carbocycles. The van der Waals surface area contributed by atoms with Crippen LogP contribution in [0.1, 0.15) is 44.6 Å². The van der Waals surface area contributed by atoms with Crippen molar-refractivity contribution in [3.8, 4) is 0 Å². The highest BCUT2D eigenvalue weighted by Crippen LogP contribution is 2.35. The zero-order chi connectivity index (χ0) is 16.9. The Labute approximate surface area is 143 Å². The van der Waals surface area contributed by atoms with Crippen molar-refractivity contribution in [2.75, 3.05) is 13.1 Å². The SMILES string of the molecule is CCC1CN(C(=O)C2CC2)CCC1CC(=O)NCc1cccnc1. The van der Waals surface area contributed by atoms with E-state index in [-0.39, 0.29) is 5.91 Å². The Hall–Kier alpha value is -1.91. The summed E-state index contributed by atoms with van der Waals surface area (Å²) in [5.41, 5.74) is 1.02. The maximum atomic E-state index is 12.3. The predicted octanol–water partition coefficient (Wildman–Crippen LogP) is 2.37. The molecular weight excluding hydrogens is 302 g/mol. The van der Waals surface area contributed by atoms with Crippen molar-refractivity contribution in [2.24, 2.45) is 17.8 Å². The number of likely N-dealkylation sites (tertiary alicyclic amines) is 1. The van der Waals surface area contributed by atoms with Gasteiger partial charge < -0.3 is 10.2 Å². The molecular formula is C19H27N3O2. The normalized spacial score (nSPS) is 23.8. The Bertz CT molecular complexity index is 571. The lowest BCUT2D eigenvalue weighted by Gasteiger charge is -2.38. The summed E-state index contributed by atoms with van der Waals surface area (Å²) in [5.74, 6) is 1.55. The lowest BCUT2D eigenvalue weighted by molar-refractivity contribution is -0.135. The van der Waals surface area contributed by atoms with Crippen molar-refractivity contribution in [1.82, 2.24) is 15.2 Å². The fraction of sp³-hybridized carbons (Fsp3) is 0.632. The first kappa shape index (κ1) is 16.9. The van der Waals surface area contributed by atoms with Gasteiger partial charge in [0.05, 0.1) is 0 Å². The standard InChI is InChI=1S/C19H27N3O2/c1-2-15-13-22(19(24)16-5-6-16)9-7-17(15)10-18(23)21-12-14-4-3-8-20-11-14/h3-4,8,11,15-17H,2,5-7,9-10,12-13H2,1H3,(H,21,23). The molecule has 1 saturated heterocycles. The number of pyridine rings is 1. The van der Waals surface area contributed by atoms with Crippen LogP contribution in [0.15, 0.2) is 24.5 Å².